The molecular weight excluding hydrogens is 432 g/mol. The molecule has 32 heavy (non-hydrogen) atoms. The number of nitrogens with one attached hydrogen (secondary N) is 1. The molecule has 3 amide bonds. The van der Waals surface area contributed by atoms with E-state index in [1.807, 2.05) is 25.1 Å². The molecule has 0 aliphatic carbocycles. The summed E-state index contributed by atoms with van der Waals surface area (Å²) < 4.78 is 5.25. The quantitative estimate of drug-likeness (QED) is 0.633. The molecule has 0 unspecified atom stereocenters. The molecule has 0 bridgehead atoms. The third-order valence-electron chi connectivity index (χ3n) is 5.28. The highest BCUT2D eigenvalue weighted by atomic mass is 35.5. The van der Waals surface area contributed by atoms with E-state index in [0.29, 0.717) is 55.0 Å². The van der Waals surface area contributed by atoms with Crippen molar-refractivity contribution in [3.8, 4) is 11.4 Å². The minimum absolute atomic E-state index is 0.00324. The molecule has 2 aromatic heterocycles. The van der Waals surface area contributed by atoms with Gasteiger partial charge in [-0.05, 0) is 36.8 Å². The lowest BCUT2D eigenvalue weighted by atomic mass is 10.2. The first kappa shape index (κ1) is 21.8. The van der Waals surface area contributed by atoms with Crippen molar-refractivity contribution in [2.75, 3.05) is 31.5 Å². The minimum atomic E-state index is -0.203. The van der Waals surface area contributed by atoms with Crippen molar-refractivity contribution < 1.29 is 14.1 Å². The van der Waals surface area contributed by atoms with Crippen molar-refractivity contribution >= 4 is 29.2 Å². The molecule has 1 saturated heterocycles. The number of urea groups is 1. The predicted octanol–water partition coefficient (Wildman–Crippen LogP) is 3.40. The number of piperazine rings is 1. The molecule has 166 valence electrons. The number of carbonyl (C=O) groups is 2. The number of aryl methyl sites for hydroxylation is 2. The molecule has 3 aromatic rings. The molecule has 0 atom stereocenters. The van der Waals surface area contributed by atoms with Crippen molar-refractivity contribution in [1.29, 1.82) is 0 Å². The summed E-state index contributed by atoms with van der Waals surface area (Å²) in [6, 6.07) is 8.84. The third-order valence-corrected chi connectivity index (χ3v) is 5.69. The topological polar surface area (TPSA) is 104 Å². The van der Waals surface area contributed by atoms with Gasteiger partial charge in [-0.2, -0.15) is 4.98 Å². The van der Waals surface area contributed by atoms with Crippen LogP contribution in [0.5, 0.6) is 0 Å². The molecule has 1 aliphatic heterocycles. The maximum absolute atomic E-state index is 12.6. The van der Waals surface area contributed by atoms with Gasteiger partial charge in [0.15, 0.2) is 0 Å². The molecule has 1 aliphatic rings. The summed E-state index contributed by atoms with van der Waals surface area (Å²) in [5, 5.41) is 7.40. The molecule has 1 fully saturated rings. The Bertz CT molecular complexity index is 1100. The van der Waals surface area contributed by atoms with Crippen LogP contribution >= 0.6 is 11.6 Å². The summed E-state index contributed by atoms with van der Waals surface area (Å²) in [5.41, 5.74) is 2.36. The van der Waals surface area contributed by atoms with Gasteiger partial charge in [-0.3, -0.25) is 9.78 Å². The van der Waals surface area contributed by atoms with E-state index in [1.54, 1.807) is 34.3 Å². The monoisotopic (exact) mass is 454 g/mol. The van der Waals surface area contributed by atoms with Crippen LogP contribution < -0.4 is 5.32 Å². The fraction of sp³-hybridized carbons (Fsp3) is 0.318. The van der Waals surface area contributed by atoms with Crippen LogP contribution in [0.3, 0.4) is 0 Å². The molecule has 1 N–H and O–H groups in total. The number of hydrogen-bond donors (Lipinski definition) is 1. The SMILES string of the molecule is Cc1ccc(NC(=O)N2CCN(C(=O)CCc3nc(-c4cccnc4)no3)CC2)cc1Cl. The van der Waals surface area contributed by atoms with Gasteiger partial charge in [-0.25, -0.2) is 4.79 Å². The van der Waals surface area contributed by atoms with Crippen LogP contribution in [0.1, 0.15) is 17.9 Å². The van der Waals surface area contributed by atoms with Crippen LogP contribution in [-0.2, 0) is 11.2 Å². The number of nitrogens with zero attached hydrogens (tertiary/aromatic N) is 5. The lowest BCUT2D eigenvalue weighted by Crippen LogP contribution is -2.51. The Hall–Kier alpha value is -3.46. The molecular formula is C22H23ClN6O3. The standard InChI is InChI=1S/C22H23ClN6O3/c1-15-4-5-17(13-18(15)23)25-22(31)29-11-9-28(10-12-29)20(30)7-6-19-26-21(27-32-19)16-3-2-8-24-14-16/h2-5,8,13-14H,6-7,9-12H2,1H3,(H,25,31). The van der Waals surface area contributed by atoms with Gasteiger partial charge in [0, 0.05) is 67.7 Å². The first-order valence-corrected chi connectivity index (χ1v) is 10.7. The normalized spacial score (nSPS) is 13.8. The Labute approximate surface area is 190 Å². The van der Waals surface area contributed by atoms with Crippen molar-refractivity contribution in [3.63, 3.8) is 0 Å². The van der Waals surface area contributed by atoms with Crippen molar-refractivity contribution in [1.82, 2.24) is 24.9 Å². The maximum atomic E-state index is 12.6. The minimum Gasteiger partial charge on any atom is -0.339 e. The van der Waals surface area contributed by atoms with E-state index < -0.39 is 0 Å². The Balaban J connectivity index is 1.23. The fourth-order valence-corrected chi connectivity index (χ4v) is 3.55. The highest BCUT2D eigenvalue weighted by molar-refractivity contribution is 6.31. The van der Waals surface area contributed by atoms with Gasteiger partial charge in [0.05, 0.1) is 0 Å². The van der Waals surface area contributed by atoms with Gasteiger partial charge in [0.2, 0.25) is 17.6 Å². The van der Waals surface area contributed by atoms with Crippen molar-refractivity contribution in [3.05, 3.63) is 59.2 Å². The predicted molar refractivity (Wildman–Crippen MR) is 119 cm³/mol. The van der Waals surface area contributed by atoms with E-state index in [2.05, 4.69) is 20.4 Å². The van der Waals surface area contributed by atoms with Crippen LogP contribution in [0.2, 0.25) is 5.02 Å². The second-order valence-corrected chi connectivity index (χ2v) is 7.92. The lowest BCUT2D eigenvalue weighted by molar-refractivity contribution is -0.132. The van der Waals surface area contributed by atoms with Crippen LogP contribution in [-0.4, -0.2) is 63.0 Å². The average Bonchev–Trinajstić information content (AvgIpc) is 3.30. The number of pyridine rings is 1. The molecule has 10 heteroatoms. The number of hydrogen-bond acceptors (Lipinski definition) is 6. The Morgan fingerprint density at radius 1 is 1.16 bits per heavy atom. The van der Waals surface area contributed by atoms with Gasteiger partial charge < -0.3 is 19.6 Å². The number of aromatic nitrogens is 3. The van der Waals surface area contributed by atoms with Crippen molar-refractivity contribution in [2.24, 2.45) is 0 Å². The second kappa shape index (κ2) is 9.78. The number of rotatable bonds is 5. The summed E-state index contributed by atoms with van der Waals surface area (Å²) in [7, 11) is 0. The van der Waals surface area contributed by atoms with E-state index in [9.17, 15) is 9.59 Å². The summed E-state index contributed by atoms with van der Waals surface area (Å²) in [6.07, 6.45) is 3.96. The first-order valence-electron chi connectivity index (χ1n) is 10.3. The van der Waals surface area contributed by atoms with Crippen LogP contribution in [0.15, 0.2) is 47.2 Å². The number of anilines is 1. The smallest absolute Gasteiger partial charge is 0.321 e. The van der Waals surface area contributed by atoms with Gasteiger partial charge in [0.1, 0.15) is 0 Å². The zero-order valence-electron chi connectivity index (χ0n) is 17.6. The molecule has 9 nitrogen and oxygen atoms in total. The van der Waals surface area contributed by atoms with E-state index in [1.165, 1.54) is 0 Å². The summed E-state index contributed by atoms with van der Waals surface area (Å²) in [5.74, 6) is 0.860. The summed E-state index contributed by atoms with van der Waals surface area (Å²) in [6.45, 7) is 3.78. The Morgan fingerprint density at radius 3 is 2.66 bits per heavy atom. The average molecular weight is 455 g/mol. The first-order chi connectivity index (χ1) is 15.5. The van der Waals surface area contributed by atoms with E-state index in [0.717, 1.165) is 11.1 Å². The van der Waals surface area contributed by atoms with Crippen LogP contribution in [0, 0.1) is 6.92 Å². The van der Waals surface area contributed by atoms with Crippen LogP contribution in [0.4, 0.5) is 10.5 Å². The van der Waals surface area contributed by atoms with Crippen LogP contribution in [0.25, 0.3) is 11.4 Å². The zero-order valence-corrected chi connectivity index (χ0v) is 18.4. The molecule has 0 saturated carbocycles. The van der Waals surface area contributed by atoms with Crippen molar-refractivity contribution in [2.45, 2.75) is 19.8 Å². The fourth-order valence-electron chi connectivity index (χ4n) is 3.37. The molecule has 4 rings (SSSR count). The number of halogens is 1. The lowest BCUT2D eigenvalue weighted by Gasteiger charge is -2.34. The number of benzene rings is 1. The maximum Gasteiger partial charge on any atom is 0.321 e. The van der Waals surface area contributed by atoms with Gasteiger partial charge >= 0.3 is 6.03 Å². The van der Waals surface area contributed by atoms with E-state index in [-0.39, 0.29) is 18.4 Å². The highest BCUT2D eigenvalue weighted by Gasteiger charge is 2.24. The molecule has 1 aromatic carbocycles. The van der Waals surface area contributed by atoms with Gasteiger partial charge in [-0.1, -0.05) is 22.8 Å². The number of carbonyl (C=O) groups excluding carboxylic acids is 2. The Kier molecular flexibility index (Phi) is 6.65. The third kappa shape index (κ3) is 5.23. The zero-order chi connectivity index (χ0) is 22.5. The molecule has 0 radical (unpaired) electrons. The van der Waals surface area contributed by atoms with E-state index >= 15 is 0 Å². The molecule has 0 spiro atoms. The summed E-state index contributed by atoms with van der Waals surface area (Å²) in [4.78, 5) is 36.9. The van der Waals surface area contributed by atoms with E-state index in [4.69, 9.17) is 16.1 Å². The van der Waals surface area contributed by atoms with Gasteiger partial charge in [-0.15, -0.1) is 0 Å². The molecule has 3 heterocycles. The number of amides is 3. The summed E-state index contributed by atoms with van der Waals surface area (Å²) >= 11 is 6.12. The largest absolute Gasteiger partial charge is 0.339 e. The van der Waals surface area contributed by atoms with Gasteiger partial charge in [0.25, 0.3) is 0 Å². The Morgan fingerprint density at radius 2 is 1.94 bits per heavy atom. The second-order valence-electron chi connectivity index (χ2n) is 7.52. The highest BCUT2D eigenvalue weighted by Crippen LogP contribution is 2.20.